The number of nitrogens with two attached hydrogens (primary N) is 1. The van der Waals surface area contributed by atoms with E-state index in [1.807, 2.05) is 0 Å². The highest BCUT2D eigenvalue weighted by atomic mass is 16.6. The number of benzene rings is 1. The molecule has 16 heavy (non-hydrogen) atoms. The summed E-state index contributed by atoms with van der Waals surface area (Å²) in [6.07, 6.45) is 0. The minimum atomic E-state index is -0.636. The Labute approximate surface area is 92.2 Å². The number of anilines is 1. The number of nitro groups is 1. The topological polar surface area (TPSA) is 95.5 Å². The molecule has 1 aromatic carbocycles. The first kappa shape index (κ1) is 12.0. The molecule has 86 valence electrons. The molecule has 0 aliphatic rings. The SMILES string of the molecule is CCOc1ccc([N+](=O)[O-])c(C(C)=O)c1N. The maximum absolute atomic E-state index is 11.3. The zero-order valence-electron chi connectivity index (χ0n) is 9.02. The van der Waals surface area contributed by atoms with Crippen LogP contribution in [0.2, 0.25) is 0 Å². The van der Waals surface area contributed by atoms with Gasteiger partial charge >= 0.3 is 0 Å². The number of carbonyl (C=O) groups is 1. The lowest BCUT2D eigenvalue weighted by molar-refractivity contribution is -0.385. The summed E-state index contributed by atoms with van der Waals surface area (Å²) in [6.45, 7) is 3.36. The standard InChI is InChI=1S/C10H12N2O4/c1-3-16-8-5-4-7(12(14)15)9(6(2)13)10(8)11/h4-5H,3,11H2,1-2H3. The first-order valence-corrected chi connectivity index (χ1v) is 4.69. The first-order valence-electron chi connectivity index (χ1n) is 4.69. The van der Waals surface area contributed by atoms with E-state index in [4.69, 9.17) is 10.5 Å². The van der Waals surface area contributed by atoms with Gasteiger partial charge in [-0.05, 0) is 19.9 Å². The number of ketones is 1. The molecule has 0 bridgehead atoms. The molecule has 0 aromatic heterocycles. The number of Topliss-reactive ketones (excluding diaryl/α,β-unsaturated/α-hetero) is 1. The first-order chi connectivity index (χ1) is 7.49. The molecule has 0 saturated heterocycles. The molecule has 1 aromatic rings. The molecule has 0 atom stereocenters. The number of hydrogen-bond acceptors (Lipinski definition) is 5. The van der Waals surface area contributed by atoms with E-state index in [9.17, 15) is 14.9 Å². The van der Waals surface area contributed by atoms with Crippen molar-refractivity contribution in [1.82, 2.24) is 0 Å². The minimum Gasteiger partial charge on any atom is -0.492 e. The quantitative estimate of drug-likeness (QED) is 0.364. The molecule has 0 saturated carbocycles. The second kappa shape index (κ2) is 4.61. The molecule has 6 nitrogen and oxygen atoms in total. The maximum Gasteiger partial charge on any atom is 0.282 e. The van der Waals surface area contributed by atoms with E-state index in [1.165, 1.54) is 19.1 Å². The summed E-state index contributed by atoms with van der Waals surface area (Å²) in [5, 5.41) is 10.7. The van der Waals surface area contributed by atoms with Gasteiger partial charge in [0.2, 0.25) is 0 Å². The average molecular weight is 224 g/mol. The van der Waals surface area contributed by atoms with E-state index in [0.29, 0.717) is 12.4 Å². The van der Waals surface area contributed by atoms with Crippen LogP contribution in [0.1, 0.15) is 24.2 Å². The Morgan fingerprint density at radius 1 is 1.56 bits per heavy atom. The third-order valence-corrected chi connectivity index (χ3v) is 2.03. The maximum atomic E-state index is 11.3. The van der Waals surface area contributed by atoms with Gasteiger partial charge in [-0.15, -0.1) is 0 Å². The summed E-state index contributed by atoms with van der Waals surface area (Å²) < 4.78 is 5.16. The van der Waals surface area contributed by atoms with Crippen molar-refractivity contribution in [3.05, 3.63) is 27.8 Å². The largest absolute Gasteiger partial charge is 0.492 e. The second-order valence-corrected chi connectivity index (χ2v) is 3.12. The molecule has 0 heterocycles. The van der Waals surface area contributed by atoms with Gasteiger partial charge in [-0.3, -0.25) is 14.9 Å². The molecule has 0 amide bonds. The summed E-state index contributed by atoms with van der Waals surface area (Å²) in [7, 11) is 0. The Morgan fingerprint density at radius 2 is 2.19 bits per heavy atom. The molecular formula is C10H12N2O4. The highest BCUT2D eigenvalue weighted by molar-refractivity contribution is 6.04. The highest BCUT2D eigenvalue weighted by Gasteiger charge is 2.23. The number of carbonyl (C=O) groups excluding carboxylic acids is 1. The zero-order valence-corrected chi connectivity index (χ0v) is 9.02. The van der Waals surface area contributed by atoms with Crippen molar-refractivity contribution in [3.63, 3.8) is 0 Å². The van der Waals surface area contributed by atoms with Crippen LogP contribution in [0, 0.1) is 10.1 Å². The summed E-state index contributed by atoms with van der Waals surface area (Å²) in [6, 6.07) is 2.61. The zero-order chi connectivity index (χ0) is 12.3. The molecule has 1 rings (SSSR count). The van der Waals surface area contributed by atoms with Gasteiger partial charge in [0.05, 0.1) is 17.2 Å². The normalized spacial score (nSPS) is 9.88. The van der Waals surface area contributed by atoms with Crippen molar-refractivity contribution in [2.75, 3.05) is 12.3 Å². The number of rotatable bonds is 4. The number of nitro benzene ring substituents is 1. The molecule has 0 unspecified atom stereocenters. The number of hydrogen-bond donors (Lipinski definition) is 1. The number of ether oxygens (including phenoxy) is 1. The van der Waals surface area contributed by atoms with Crippen LogP contribution in [0.15, 0.2) is 12.1 Å². The van der Waals surface area contributed by atoms with E-state index in [2.05, 4.69) is 0 Å². The van der Waals surface area contributed by atoms with Crippen molar-refractivity contribution < 1.29 is 14.5 Å². The van der Waals surface area contributed by atoms with E-state index in [0.717, 1.165) is 0 Å². The van der Waals surface area contributed by atoms with Gasteiger partial charge in [0.1, 0.15) is 11.3 Å². The molecule has 2 N–H and O–H groups in total. The summed E-state index contributed by atoms with van der Waals surface area (Å²) >= 11 is 0. The predicted octanol–water partition coefficient (Wildman–Crippen LogP) is 1.78. The predicted molar refractivity (Wildman–Crippen MR) is 58.7 cm³/mol. The van der Waals surface area contributed by atoms with Gasteiger partial charge in [-0.2, -0.15) is 0 Å². The van der Waals surface area contributed by atoms with Gasteiger partial charge in [0.15, 0.2) is 5.78 Å². The van der Waals surface area contributed by atoms with Crippen molar-refractivity contribution in [1.29, 1.82) is 0 Å². The van der Waals surface area contributed by atoms with Gasteiger partial charge in [-0.25, -0.2) is 0 Å². The lowest BCUT2D eigenvalue weighted by Crippen LogP contribution is -2.07. The lowest BCUT2D eigenvalue weighted by atomic mass is 10.1. The summed E-state index contributed by atoms with van der Waals surface area (Å²) in [5.41, 5.74) is 5.28. The molecule has 0 spiro atoms. The highest BCUT2D eigenvalue weighted by Crippen LogP contribution is 2.33. The second-order valence-electron chi connectivity index (χ2n) is 3.12. The van der Waals surface area contributed by atoms with Crippen LogP contribution in [-0.2, 0) is 0 Å². The van der Waals surface area contributed by atoms with Crippen LogP contribution in [0.4, 0.5) is 11.4 Å². The molecule has 0 radical (unpaired) electrons. The Morgan fingerprint density at radius 3 is 2.62 bits per heavy atom. The van der Waals surface area contributed by atoms with Crippen LogP contribution in [-0.4, -0.2) is 17.3 Å². The monoisotopic (exact) mass is 224 g/mol. The van der Waals surface area contributed by atoms with Crippen LogP contribution in [0.5, 0.6) is 5.75 Å². The van der Waals surface area contributed by atoms with Crippen molar-refractivity contribution >= 4 is 17.2 Å². The van der Waals surface area contributed by atoms with Gasteiger partial charge in [-0.1, -0.05) is 0 Å². The third-order valence-electron chi connectivity index (χ3n) is 2.03. The molecule has 0 aliphatic heterocycles. The van der Waals surface area contributed by atoms with E-state index >= 15 is 0 Å². The minimum absolute atomic E-state index is 0.0172. The molecule has 0 fully saturated rings. The summed E-state index contributed by atoms with van der Waals surface area (Å²) in [5.74, 6) is -0.163. The molecular weight excluding hydrogens is 212 g/mol. The van der Waals surface area contributed by atoms with Crippen LogP contribution >= 0.6 is 0 Å². The van der Waals surface area contributed by atoms with Crippen LogP contribution in [0.3, 0.4) is 0 Å². The van der Waals surface area contributed by atoms with Crippen molar-refractivity contribution in [2.24, 2.45) is 0 Å². The van der Waals surface area contributed by atoms with Gasteiger partial charge < -0.3 is 10.5 Å². The number of nitrogen functional groups attached to an aromatic ring is 1. The van der Waals surface area contributed by atoms with Crippen LogP contribution in [0.25, 0.3) is 0 Å². The fourth-order valence-corrected chi connectivity index (χ4v) is 1.39. The van der Waals surface area contributed by atoms with Gasteiger partial charge in [0.25, 0.3) is 5.69 Å². The summed E-state index contributed by atoms with van der Waals surface area (Å²) in [4.78, 5) is 21.4. The fourth-order valence-electron chi connectivity index (χ4n) is 1.39. The average Bonchev–Trinajstić information content (AvgIpc) is 2.20. The van der Waals surface area contributed by atoms with E-state index in [1.54, 1.807) is 6.92 Å². The molecule has 0 aliphatic carbocycles. The van der Waals surface area contributed by atoms with Crippen molar-refractivity contribution in [3.8, 4) is 5.75 Å². The molecule has 6 heteroatoms. The fraction of sp³-hybridized carbons (Fsp3) is 0.300. The smallest absolute Gasteiger partial charge is 0.282 e. The van der Waals surface area contributed by atoms with Crippen molar-refractivity contribution in [2.45, 2.75) is 13.8 Å². The van der Waals surface area contributed by atoms with Gasteiger partial charge in [0, 0.05) is 6.07 Å². The Hall–Kier alpha value is -2.11. The third kappa shape index (κ3) is 2.10. The number of nitrogens with zero attached hydrogens (tertiary/aromatic N) is 1. The van der Waals surface area contributed by atoms with E-state index in [-0.39, 0.29) is 16.9 Å². The van der Waals surface area contributed by atoms with Crippen LogP contribution < -0.4 is 10.5 Å². The lowest BCUT2D eigenvalue weighted by Gasteiger charge is -2.09. The van der Waals surface area contributed by atoms with E-state index < -0.39 is 10.7 Å². The Balaban J connectivity index is 3.41. The Kier molecular flexibility index (Phi) is 3.44. The Bertz CT molecular complexity index is 443.